The van der Waals surface area contributed by atoms with E-state index in [0.717, 1.165) is 29.0 Å². The molecule has 5 nitrogen and oxygen atoms in total. The molecule has 0 aliphatic rings. The first kappa shape index (κ1) is 24.5. The molecule has 35 heavy (non-hydrogen) atoms. The fourth-order valence-corrected chi connectivity index (χ4v) is 4.59. The lowest BCUT2D eigenvalue weighted by Gasteiger charge is -2.19. The summed E-state index contributed by atoms with van der Waals surface area (Å²) in [5, 5.41) is 2.22. The molecule has 0 spiro atoms. The predicted molar refractivity (Wildman–Crippen MR) is 132 cm³/mol. The summed E-state index contributed by atoms with van der Waals surface area (Å²) < 4.78 is 41.5. The molecular formula is C26H22F3N3O2S. The quantitative estimate of drug-likeness (QED) is 0.266. The third-order valence-electron chi connectivity index (χ3n) is 5.70. The number of hydrogen-bond acceptors (Lipinski definition) is 4. The molecular weight excluding hydrogens is 475 g/mol. The molecule has 0 bridgehead atoms. The van der Waals surface area contributed by atoms with Crippen LogP contribution in [0.1, 0.15) is 23.6 Å². The van der Waals surface area contributed by atoms with E-state index in [9.17, 15) is 22.8 Å². The minimum atomic E-state index is -4.61. The fraction of sp³-hybridized carbons (Fsp3) is 0.192. The van der Waals surface area contributed by atoms with Crippen LogP contribution in [-0.4, -0.2) is 20.7 Å². The molecule has 0 saturated heterocycles. The summed E-state index contributed by atoms with van der Waals surface area (Å²) in [5.74, 6) is -0.637. The first-order valence-corrected chi connectivity index (χ1v) is 11.7. The number of fused-ring (bicyclic) bond motifs is 1. The van der Waals surface area contributed by atoms with Crippen molar-refractivity contribution < 1.29 is 18.0 Å². The average molecular weight is 498 g/mol. The van der Waals surface area contributed by atoms with Gasteiger partial charge in [0, 0.05) is 0 Å². The molecule has 3 aromatic carbocycles. The van der Waals surface area contributed by atoms with E-state index in [1.165, 1.54) is 22.8 Å². The third kappa shape index (κ3) is 4.95. The number of thioether (sulfide) groups is 1. The lowest BCUT2D eigenvalue weighted by molar-refractivity contribution is -0.137. The number of aromatic nitrogens is 2. The summed E-state index contributed by atoms with van der Waals surface area (Å²) in [6, 6.07) is 17.3. The molecule has 1 N–H and O–H groups in total. The van der Waals surface area contributed by atoms with Gasteiger partial charge in [-0.2, -0.15) is 13.2 Å². The smallest absolute Gasteiger partial charge is 0.325 e. The summed E-state index contributed by atoms with van der Waals surface area (Å²) in [5.41, 5.74) is 1.42. The molecule has 180 valence electrons. The topological polar surface area (TPSA) is 64.0 Å². The van der Waals surface area contributed by atoms with Gasteiger partial charge in [-0.25, -0.2) is 4.98 Å². The standard InChI is InChI=1S/C26H22F3N3O2S/c1-15-9-8-14-22(16(15)2)32-24(34)18-10-4-6-12-20(18)31-25(32)35-17(3)23(33)30-21-13-7-5-11-19(21)26(27,28)29/h4-14,17H,1-3H3,(H,30,33). The molecule has 0 fully saturated rings. The van der Waals surface area contributed by atoms with Crippen LogP contribution in [0.3, 0.4) is 0 Å². The van der Waals surface area contributed by atoms with Crippen LogP contribution in [0.2, 0.25) is 0 Å². The van der Waals surface area contributed by atoms with Crippen LogP contribution < -0.4 is 10.9 Å². The Kier molecular flexibility index (Phi) is 6.71. The summed E-state index contributed by atoms with van der Waals surface area (Å²) in [7, 11) is 0. The summed E-state index contributed by atoms with van der Waals surface area (Å²) in [6.45, 7) is 5.38. The molecule has 0 saturated carbocycles. The average Bonchev–Trinajstić information content (AvgIpc) is 2.81. The van der Waals surface area contributed by atoms with Gasteiger partial charge in [0.15, 0.2) is 5.16 Å². The van der Waals surface area contributed by atoms with E-state index < -0.39 is 22.9 Å². The number of carbonyl (C=O) groups excluding carboxylic acids is 1. The van der Waals surface area contributed by atoms with E-state index >= 15 is 0 Å². The van der Waals surface area contributed by atoms with E-state index in [-0.39, 0.29) is 16.4 Å². The molecule has 1 atom stereocenters. The van der Waals surface area contributed by atoms with Crippen molar-refractivity contribution in [1.29, 1.82) is 0 Å². The highest BCUT2D eigenvalue weighted by atomic mass is 32.2. The highest BCUT2D eigenvalue weighted by Crippen LogP contribution is 2.35. The van der Waals surface area contributed by atoms with Crippen molar-refractivity contribution in [2.75, 3.05) is 5.32 Å². The van der Waals surface area contributed by atoms with Gasteiger partial charge in [0.05, 0.1) is 33.1 Å². The van der Waals surface area contributed by atoms with Gasteiger partial charge in [-0.15, -0.1) is 0 Å². The molecule has 1 amide bonds. The van der Waals surface area contributed by atoms with Crippen molar-refractivity contribution in [3.63, 3.8) is 0 Å². The van der Waals surface area contributed by atoms with E-state index in [1.54, 1.807) is 37.3 Å². The lowest BCUT2D eigenvalue weighted by atomic mass is 10.1. The number of aryl methyl sites for hydroxylation is 1. The Morgan fingerprint density at radius 2 is 1.69 bits per heavy atom. The van der Waals surface area contributed by atoms with Crippen molar-refractivity contribution in [3.8, 4) is 5.69 Å². The summed E-state index contributed by atoms with van der Waals surface area (Å²) in [4.78, 5) is 31.0. The van der Waals surface area contributed by atoms with Gasteiger partial charge in [0.2, 0.25) is 5.91 Å². The van der Waals surface area contributed by atoms with Crippen LogP contribution in [-0.2, 0) is 11.0 Å². The normalized spacial score (nSPS) is 12.5. The zero-order valence-corrected chi connectivity index (χ0v) is 20.0. The number of para-hydroxylation sites is 2. The highest BCUT2D eigenvalue weighted by molar-refractivity contribution is 8.00. The molecule has 0 aliphatic carbocycles. The van der Waals surface area contributed by atoms with Crippen molar-refractivity contribution >= 4 is 34.3 Å². The number of anilines is 1. The van der Waals surface area contributed by atoms with Gasteiger partial charge in [-0.1, -0.05) is 48.2 Å². The maximum absolute atomic E-state index is 13.5. The van der Waals surface area contributed by atoms with Crippen LogP contribution in [0.25, 0.3) is 16.6 Å². The van der Waals surface area contributed by atoms with E-state index in [1.807, 2.05) is 26.0 Å². The SMILES string of the molecule is Cc1cccc(-n2c(SC(C)C(=O)Nc3ccccc3C(F)(F)F)nc3ccccc3c2=O)c1C. The molecule has 1 unspecified atom stereocenters. The molecule has 1 aromatic heterocycles. The summed E-state index contributed by atoms with van der Waals surface area (Å²) >= 11 is 1.01. The minimum Gasteiger partial charge on any atom is -0.325 e. The number of nitrogens with zero attached hydrogens (tertiary/aromatic N) is 2. The van der Waals surface area contributed by atoms with Crippen LogP contribution in [0.5, 0.6) is 0 Å². The number of amides is 1. The molecule has 4 rings (SSSR count). The maximum Gasteiger partial charge on any atom is 0.418 e. The zero-order chi connectivity index (χ0) is 25.3. The second kappa shape index (κ2) is 9.58. The van der Waals surface area contributed by atoms with Crippen molar-refractivity contribution in [2.45, 2.75) is 37.4 Å². The molecule has 0 radical (unpaired) electrons. The zero-order valence-electron chi connectivity index (χ0n) is 19.2. The van der Waals surface area contributed by atoms with Crippen molar-refractivity contribution in [2.24, 2.45) is 0 Å². The Bertz CT molecular complexity index is 1480. The third-order valence-corrected chi connectivity index (χ3v) is 6.76. The lowest BCUT2D eigenvalue weighted by Crippen LogP contribution is -2.27. The number of nitrogens with one attached hydrogen (secondary N) is 1. The van der Waals surface area contributed by atoms with Gasteiger partial charge < -0.3 is 5.32 Å². The number of carbonyl (C=O) groups is 1. The highest BCUT2D eigenvalue weighted by Gasteiger charge is 2.34. The second-order valence-electron chi connectivity index (χ2n) is 8.06. The Morgan fingerprint density at radius 3 is 2.43 bits per heavy atom. The van der Waals surface area contributed by atoms with Gasteiger partial charge in [-0.05, 0) is 62.2 Å². The van der Waals surface area contributed by atoms with Gasteiger partial charge in [0.1, 0.15) is 0 Å². The number of halogens is 3. The van der Waals surface area contributed by atoms with Crippen molar-refractivity contribution in [1.82, 2.24) is 9.55 Å². The Hall–Kier alpha value is -3.59. The van der Waals surface area contributed by atoms with Crippen LogP contribution in [0.15, 0.2) is 76.7 Å². The first-order chi connectivity index (χ1) is 16.6. The summed E-state index contributed by atoms with van der Waals surface area (Å²) in [6.07, 6.45) is -4.61. The van der Waals surface area contributed by atoms with E-state index in [4.69, 9.17) is 0 Å². The largest absolute Gasteiger partial charge is 0.418 e. The van der Waals surface area contributed by atoms with Crippen LogP contribution in [0, 0.1) is 13.8 Å². The van der Waals surface area contributed by atoms with Gasteiger partial charge >= 0.3 is 6.18 Å². The fourth-order valence-electron chi connectivity index (χ4n) is 3.67. The molecule has 1 heterocycles. The number of alkyl halides is 3. The number of benzene rings is 3. The predicted octanol–water partition coefficient (Wildman–Crippen LogP) is 6.14. The Balaban J connectivity index is 1.75. The first-order valence-electron chi connectivity index (χ1n) is 10.8. The van der Waals surface area contributed by atoms with E-state index in [2.05, 4.69) is 10.3 Å². The molecule has 4 aromatic rings. The molecule has 9 heteroatoms. The van der Waals surface area contributed by atoms with E-state index in [0.29, 0.717) is 16.6 Å². The Morgan fingerprint density at radius 1 is 1.00 bits per heavy atom. The number of rotatable bonds is 5. The van der Waals surface area contributed by atoms with Crippen LogP contribution >= 0.6 is 11.8 Å². The van der Waals surface area contributed by atoms with Crippen molar-refractivity contribution in [3.05, 3.63) is 93.8 Å². The minimum absolute atomic E-state index is 0.272. The maximum atomic E-state index is 13.5. The second-order valence-corrected chi connectivity index (χ2v) is 9.37. The van der Waals surface area contributed by atoms with Crippen LogP contribution in [0.4, 0.5) is 18.9 Å². The molecule has 0 aliphatic heterocycles. The Labute approximate surface area is 204 Å². The monoisotopic (exact) mass is 497 g/mol. The van der Waals surface area contributed by atoms with Gasteiger partial charge in [-0.3, -0.25) is 14.2 Å². The van der Waals surface area contributed by atoms with Gasteiger partial charge in [0.25, 0.3) is 5.56 Å². The number of hydrogen-bond donors (Lipinski definition) is 1.